The monoisotopic (exact) mass is 1320 g/mol. The summed E-state index contributed by atoms with van der Waals surface area (Å²) < 4.78 is 68.2. The van der Waals surface area contributed by atoms with Gasteiger partial charge in [-0.1, -0.05) is 311 Å². The van der Waals surface area contributed by atoms with Crippen molar-refractivity contribution in [1.29, 1.82) is 0 Å². The molecule has 0 saturated carbocycles. The van der Waals surface area contributed by atoms with Crippen molar-refractivity contribution in [2.24, 2.45) is 11.8 Å². The van der Waals surface area contributed by atoms with Gasteiger partial charge in [0.2, 0.25) is 0 Å². The number of ether oxygens (including phenoxy) is 4. The zero-order chi connectivity index (χ0) is 66.5. The zero-order valence-electron chi connectivity index (χ0n) is 58.4. The number of hydrogen-bond acceptors (Lipinski definition) is 15. The second kappa shape index (κ2) is 63.1. The van der Waals surface area contributed by atoms with Gasteiger partial charge in [0, 0.05) is 25.7 Å². The second-order valence-electron chi connectivity index (χ2n) is 26.3. The summed E-state index contributed by atoms with van der Waals surface area (Å²) in [7, 11) is -9.90. The smallest absolute Gasteiger partial charge is 0.462 e. The van der Waals surface area contributed by atoms with Crippen LogP contribution < -0.4 is 0 Å². The molecule has 19 heteroatoms. The summed E-state index contributed by atoms with van der Waals surface area (Å²) >= 11 is 0. The quantitative estimate of drug-likeness (QED) is 0.0222. The number of carbonyl (C=O) groups excluding carboxylic acids is 4. The summed E-state index contributed by atoms with van der Waals surface area (Å²) in [6.45, 7) is 9.52. The van der Waals surface area contributed by atoms with E-state index in [-0.39, 0.29) is 25.7 Å². The van der Waals surface area contributed by atoms with Crippen LogP contribution in [0.4, 0.5) is 0 Å². The molecule has 0 amide bonds. The van der Waals surface area contributed by atoms with Crippen LogP contribution in [0.5, 0.6) is 0 Å². The maximum absolute atomic E-state index is 13.0. The molecule has 0 fully saturated rings. The molecule has 6 atom stereocenters. The van der Waals surface area contributed by atoms with Gasteiger partial charge in [0.15, 0.2) is 12.2 Å². The predicted octanol–water partition coefficient (Wildman–Crippen LogP) is 20.4. The van der Waals surface area contributed by atoms with Crippen LogP contribution >= 0.6 is 15.6 Å². The van der Waals surface area contributed by atoms with Crippen molar-refractivity contribution in [3.8, 4) is 0 Å². The van der Waals surface area contributed by atoms with E-state index in [1.807, 2.05) is 0 Å². The number of aliphatic hydroxyl groups excluding tert-OH is 1. The standard InChI is InChI=1S/C71H138O17P2/c1-7-10-12-14-16-17-18-19-20-21-22-23-26-30-37-43-49-55-70(75)87-67(60-82-69(74)54-48-42-36-29-27-24-25-28-34-39-45-51-63(4)5)62-86-90(79,80)84-58-65(72)57-83-89(77,78)85-61-66(59-81-68(73)53-47-41-33-15-13-11-8-2)88-71(76)56-50-44-38-32-31-35-40-46-52-64(6)9-3/h63-67,72H,7-62H2,1-6H3,(H,77,78)(H,79,80)/t64?,65-,66+,67+/m0/s1. The van der Waals surface area contributed by atoms with Crippen LogP contribution in [0.2, 0.25) is 0 Å². The molecule has 0 radical (unpaired) electrons. The average molecular weight is 1330 g/mol. The zero-order valence-corrected chi connectivity index (χ0v) is 60.2. The maximum atomic E-state index is 13.0. The Kier molecular flexibility index (Phi) is 61.8. The van der Waals surface area contributed by atoms with Gasteiger partial charge in [0.1, 0.15) is 19.3 Å². The first-order valence-corrected chi connectivity index (χ1v) is 40.0. The van der Waals surface area contributed by atoms with E-state index < -0.39 is 97.5 Å². The maximum Gasteiger partial charge on any atom is 0.472 e. The van der Waals surface area contributed by atoms with Gasteiger partial charge in [0.05, 0.1) is 26.4 Å². The van der Waals surface area contributed by atoms with Crippen LogP contribution in [-0.2, 0) is 65.4 Å². The van der Waals surface area contributed by atoms with E-state index in [1.165, 1.54) is 167 Å². The van der Waals surface area contributed by atoms with Crippen LogP contribution in [0, 0.1) is 11.8 Å². The van der Waals surface area contributed by atoms with E-state index in [2.05, 4.69) is 41.5 Å². The molecule has 534 valence electrons. The summed E-state index contributed by atoms with van der Waals surface area (Å²) in [5, 5.41) is 10.6. The molecule has 0 aromatic rings. The van der Waals surface area contributed by atoms with Crippen molar-refractivity contribution in [3.05, 3.63) is 0 Å². The van der Waals surface area contributed by atoms with Gasteiger partial charge in [-0.25, -0.2) is 9.13 Å². The topological polar surface area (TPSA) is 237 Å². The molecule has 0 aromatic carbocycles. The lowest BCUT2D eigenvalue weighted by molar-refractivity contribution is -0.161. The highest BCUT2D eigenvalue weighted by atomic mass is 31.2. The minimum Gasteiger partial charge on any atom is -0.462 e. The molecule has 17 nitrogen and oxygen atoms in total. The van der Waals surface area contributed by atoms with Gasteiger partial charge in [-0.05, 0) is 37.5 Å². The Hall–Kier alpha value is -1.94. The highest BCUT2D eigenvalue weighted by Crippen LogP contribution is 2.45. The third-order valence-corrected chi connectivity index (χ3v) is 18.7. The number of unbranched alkanes of at least 4 members (excludes halogenated alkanes) is 39. The fourth-order valence-electron chi connectivity index (χ4n) is 10.7. The first kappa shape index (κ1) is 88.1. The molecule has 3 unspecified atom stereocenters. The van der Waals surface area contributed by atoms with Crippen LogP contribution in [0.15, 0.2) is 0 Å². The van der Waals surface area contributed by atoms with Crippen LogP contribution in [0.3, 0.4) is 0 Å². The van der Waals surface area contributed by atoms with Crippen molar-refractivity contribution >= 4 is 39.5 Å². The fraction of sp³-hybridized carbons (Fsp3) is 0.944. The van der Waals surface area contributed by atoms with Gasteiger partial charge >= 0.3 is 39.5 Å². The molecule has 0 aromatic heterocycles. The lowest BCUT2D eigenvalue weighted by atomic mass is 9.99. The van der Waals surface area contributed by atoms with E-state index in [1.54, 1.807) is 0 Å². The van der Waals surface area contributed by atoms with Crippen molar-refractivity contribution in [3.63, 3.8) is 0 Å². The molecule has 0 saturated heterocycles. The number of esters is 4. The summed E-state index contributed by atoms with van der Waals surface area (Å²) in [4.78, 5) is 72.5. The van der Waals surface area contributed by atoms with Crippen molar-refractivity contribution < 1.29 is 80.2 Å². The Bertz CT molecular complexity index is 1750. The van der Waals surface area contributed by atoms with Crippen LogP contribution in [0.1, 0.15) is 363 Å². The predicted molar refractivity (Wildman–Crippen MR) is 363 cm³/mol. The lowest BCUT2D eigenvalue weighted by Gasteiger charge is -2.21. The highest BCUT2D eigenvalue weighted by Gasteiger charge is 2.30. The molecule has 0 aliphatic rings. The molecular weight excluding hydrogens is 1190 g/mol. The Labute approximate surface area is 549 Å². The normalized spacial score (nSPS) is 14.4. The van der Waals surface area contributed by atoms with E-state index in [0.29, 0.717) is 25.7 Å². The molecule has 0 bridgehead atoms. The van der Waals surface area contributed by atoms with Gasteiger partial charge in [0.25, 0.3) is 0 Å². The first-order valence-electron chi connectivity index (χ1n) is 37.0. The SMILES string of the molecule is CCCCCCCCCCCCCCCCCCCC(=O)O[C@H](COC(=O)CCCCCCCCCCCCCC(C)C)COP(=O)(O)OC[C@@H](O)COP(=O)(O)OC[C@@H](COC(=O)CCCCCCCCC)OC(=O)CCCCCCCCCCC(C)CC. The van der Waals surface area contributed by atoms with Crippen molar-refractivity contribution in [1.82, 2.24) is 0 Å². The number of phosphoric ester groups is 2. The summed E-state index contributed by atoms with van der Waals surface area (Å²) in [5.41, 5.74) is 0. The minimum absolute atomic E-state index is 0.105. The van der Waals surface area contributed by atoms with E-state index >= 15 is 0 Å². The third kappa shape index (κ3) is 63.5. The molecule has 0 aliphatic heterocycles. The summed E-state index contributed by atoms with van der Waals surface area (Å²) in [6.07, 6.45) is 48.6. The molecule has 0 aliphatic carbocycles. The lowest BCUT2D eigenvalue weighted by Crippen LogP contribution is -2.30. The number of phosphoric acid groups is 2. The molecule has 0 heterocycles. The van der Waals surface area contributed by atoms with Gasteiger partial charge < -0.3 is 33.8 Å². The number of rotatable bonds is 70. The van der Waals surface area contributed by atoms with Crippen LogP contribution in [-0.4, -0.2) is 96.7 Å². The van der Waals surface area contributed by atoms with E-state index in [9.17, 15) is 43.2 Å². The molecule has 3 N–H and O–H groups in total. The Morgan fingerprint density at radius 1 is 0.322 bits per heavy atom. The Morgan fingerprint density at radius 3 is 0.844 bits per heavy atom. The van der Waals surface area contributed by atoms with Gasteiger partial charge in [-0.15, -0.1) is 0 Å². The molecular formula is C71H138O17P2. The van der Waals surface area contributed by atoms with Gasteiger partial charge in [-0.2, -0.15) is 0 Å². The number of hydrogen-bond donors (Lipinski definition) is 3. The fourth-order valence-corrected chi connectivity index (χ4v) is 12.3. The average Bonchev–Trinajstić information content (AvgIpc) is 3.70. The molecule has 90 heavy (non-hydrogen) atoms. The highest BCUT2D eigenvalue weighted by molar-refractivity contribution is 7.47. The van der Waals surface area contributed by atoms with Crippen LogP contribution in [0.25, 0.3) is 0 Å². The molecule has 0 rings (SSSR count). The number of aliphatic hydroxyl groups is 1. The summed E-state index contributed by atoms with van der Waals surface area (Å²) in [6, 6.07) is 0. The first-order chi connectivity index (χ1) is 43.4. The largest absolute Gasteiger partial charge is 0.472 e. The Morgan fingerprint density at radius 2 is 0.567 bits per heavy atom. The van der Waals surface area contributed by atoms with Gasteiger partial charge in [-0.3, -0.25) is 37.3 Å². The minimum atomic E-state index is -4.95. The third-order valence-electron chi connectivity index (χ3n) is 16.8. The summed E-state index contributed by atoms with van der Waals surface area (Å²) in [5.74, 6) is -0.587. The van der Waals surface area contributed by atoms with Crippen molar-refractivity contribution in [2.45, 2.75) is 381 Å². The second-order valence-corrected chi connectivity index (χ2v) is 29.3. The van der Waals surface area contributed by atoms with Crippen molar-refractivity contribution in [2.75, 3.05) is 39.6 Å². The number of carbonyl (C=O) groups is 4. The Balaban J connectivity index is 5.21. The van der Waals surface area contributed by atoms with E-state index in [4.69, 9.17) is 37.0 Å². The van der Waals surface area contributed by atoms with E-state index in [0.717, 1.165) is 115 Å². The molecule has 0 spiro atoms.